The molecule has 252 valence electrons. The number of anilines is 3. The van der Waals surface area contributed by atoms with Crippen molar-refractivity contribution in [2.75, 3.05) is 4.90 Å². The van der Waals surface area contributed by atoms with Crippen molar-refractivity contribution in [1.82, 2.24) is 0 Å². The largest absolute Gasteiger partial charge is 0.458 e. The second kappa shape index (κ2) is 10.1. The lowest BCUT2D eigenvalue weighted by Crippen LogP contribution is -2.68. The summed E-state index contributed by atoms with van der Waals surface area (Å²) >= 11 is 0. The third kappa shape index (κ3) is 3.56. The van der Waals surface area contributed by atoms with Crippen molar-refractivity contribution < 1.29 is 9.47 Å². The lowest BCUT2D eigenvalue weighted by molar-refractivity contribution is 0.459. The quantitative estimate of drug-likeness (QED) is 0.170. The molecule has 0 aromatic heterocycles. The molecule has 0 fully saturated rings. The Morgan fingerprint density at radius 1 is 0.453 bits per heavy atom. The zero-order valence-corrected chi connectivity index (χ0v) is 31.2. The smallest absolute Gasteiger partial charge is 0.256 e. The highest BCUT2D eigenvalue weighted by Gasteiger charge is 2.56. The van der Waals surface area contributed by atoms with Gasteiger partial charge < -0.3 is 14.4 Å². The number of fused-ring (bicyclic) bond motifs is 6. The van der Waals surface area contributed by atoms with Crippen molar-refractivity contribution in [2.45, 2.75) is 54.2 Å². The third-order valence-electron chi connectivity index (χ3n) is 12.3. The van der Waals surface area contributed by atoms with E-state index in [1.165, 1.54) is 91.7 Å². The van der Waals surface area contributed by atoms with Gasteiger partial charge in [-0.1, -0.05) is 95.1 Å². The minimum Gasteiger partial charge on any atom is -0.458 e. The molecule has 5 aliphatic rings. The van der Waals surface area contributed by atoms with Crippen LogP contribution < -0.4 is 47.2 Å². The van der Waals surface area contributed by atoms with E-state index in [4.69, 9.17) is 9.47 Å². The molecule has 0 radical (unpaired) electrons. The van der Waals surface area contributed by atoms with Gasteiger partial charge in [0.2, 0.25) is 0 Å². The number of ether oxygens (including phenoxy) is 2. The van der Waals surface area contributed by atoms with E-state index in [-0.39, 0.29) is 13.4 Å². The maximum absolute atomic E-state index is 7.07. The molecule has 0 aliphatic carbocycles. The zero-order chi connectivity index (χ0) is 35.5. The Hall–Kier alpha value is -5.58. The summed E-state index contributed by atoms with van der Waals surface area (Å²) in [5.74, 6) is 3.75. The molecular formula is C47H35B2NO2S. The lowest BCUT2D eigenvalue weighted by Gasteiger charge is -2.56. The van der Waals surface area contributed by atoms with Crippen LogP contribution in [0.4, 0.5) is 17.1 Å². The Kier molecular flexibility index (Phi) is 5.70. The standard InChI is InChI=1S/C47H35B2NO2S/c1-26-16-18-37-33(20-26)48-35-22-28(3)24-39-43(35)50-44-36(23-29(4)25-40(44)53(39,31-12-8-6-9-13-31)32-14-10-7-11-15-32)49-34-21-27(2)17-19-38(34)52-47-30(5)46(51-37)41(48)45(50)42(47)49/h6-25H,1-5H3. The fourth-order valence-corrected chi connectivity index (χ4v) is 14.7. The summed E-state index contributed by atoms with van der Waals surface area (Å²) in [5, 5.41) is 0. The summed E-state index contributed by atoms with van der Waals surface area (Å²) < 4.78 is 14.1. The lowest BCUT2D eigenvalue weighted by atomic mass is 9.29. The monoisotopic (exact) mass is 699 g/mol. The van der Waals surface area contributed by atoms with Crippen LogP contribution in [0.3, 0.4) is 0 Å². The van der Waals surface area contributed by atoms with E-state index >= 15 is 0 Å². The van der Waals surface area contributed by atoms with E-state index in [2.05, 4.69) is 161 Å². The van der Waals surface area contributed by atoms with Gasteiger partial charge in [0.05, 0.1) is 11.4 Å². The minimum atomic E-state index is -1.98. The fraction of sp³-hybridized carbons (Fsp3) is 0.106. The normalized spacial score (nSPS) is 15.8. The SMILES string of the molecule is Cc1ccc2c(c1)B1c3cc(C)cc4c3N3c5c(cc(C)cc5S4(c4ccccc4)c4ccccc4)B4c5cc(C)ccc5Oc5c(C)c(c1c3c54)O2. The van der Waals surface area contributed by atoms with Gasteiger partial charge in [0.1, 0.15) is 23.0 Å². The summed E-state index contributed by atoms with van der Waals surface area (Å²) in [6, 6.07) is 46.2. The number of hydrogen-bond donors (Lipinski definition) is 0. The van der Waals surface area contributed by atoms with Gasteiger partial charge in [0.25, 0.3) is 13.4 Å². The Balaban J connectivity index is 1.35. The summed E-state index contributed by atoms with van der Waals surface area (Å²) in [4.78, 5) is 8.20. The molecule has 53 heavy (non-hydrogen) atoms. The Morgan fingerprint density at radius 2 is 0.887 bits per heavy atom. The molecule has 0 saturated heterocycles. The first kappa shape index (κ1) is 29.9. The average Bonchev–Trinajstić information content (AvgIpc) is 3.17. The van der Waals surface area contributed by atoms with Gasteiger partial charge in [-0.15, -0.1) is 10.0 Å². The van der Waals surface area contributed by atoms with Crippen molar-refractivity contribution in [1.29, 1.82) is 0 Å². The van der Waals surface area contributed by atoms with Crippen LogP contribution in [-0.4, -0.2) is 13.4 Å². The fourth-order valence-electron chi connectivity index (χ4n) is 10.3. The van der Waals surface area contributed by atoms with Crippen LogP contribution in [0.15, 0.2) is 141 Å². The Labute approximate surface area is 312 Å². The van der Waals surface area contributed by atoms with E-state index < -0.39 is 10.0 Å². The predicted molar refractivity (Wildman–Crippen MR) is 221 cm³/mol. The molecule has 0 amide bonds. The van der Waals surface area contributed by atoms with Gasteiger partial charge in [0, 0.05) is 30.8 Å². The van der Waals surface area contributed by atoms with Crippen LogP contribution in [0.2, 0.25) is 0 Å². The molecule has 6 heteroatoms. The molecule has 7 aromatic carbocycles. The zero-order valence-electron chi connectivity index (χ0n) is 30.4. The van der Waals surface area contributed by atoms with Crippen molar-refractivity contribution in [3.05, 3.63) is 149 Å². The highest BCUT2D eigenvalue weighted by atomic mass is 32.3. The minimum absolute atomic E-state index is 0.00861. The van der Waals surface area contributed by atoms with Crippen molar-refractivity contribution in [2.24, 2.45) is 0 Å². The number of benzene rings is 7. The number of rotatable bonds is 2. The molecule has 0 unspecified atom stereocenters. The second-order valence-electron chi connectivity index (χ2n) is 15.6. The van der Waals surface area contributed by atoms with Crippen molar-refractivity contribution in [3.63, 3.8) is 0 Å². The number of aryl methyl sites for hydroxylation is 4. The maximum Gasteiger partial charge on any atom is 0.256 e. The molecule has 3 nitrogen and oxygen atoms in total. The highest BCUT2D eigenvalue weighted by molar-refractivity contribution is 8.34. The van der Waals surface area contributed by atoms with Crippen LogP contribution in [0.1, 0.15) is 27.8 Å². The molecular weight excluding hydrogens is 664 g/mol. The first-order valence-corrected chi connectivity index (χ1v) is 20.3. The molecule has 0 atom stereocenters. The van der Waals surface area contributed by atoms with Crippen molar-refractivity contribution >= 4 is 73.3 Å². The summed E-state index contributed by atoms with van der Waals surface area (Å²) in [5.41, 5.74) is 17.8. The van der Waals surface area contributed by atoms with Gasteiger partial charge in [-0.25, -0.2) is 0 Å². The van der Waals surface area contributed by atoms with Crippen LogP contribution in [0.5, 0.6) is 23.0 Å². The highest BCUT2D eigenvalue weighted by Crippen LogP contribution is 2.80. The molecule has 12 rings (SSSR count). The number of nitrogens with zero attached hydrogens (tertiary/aromatic N) is 1. The van der Waals surface area contributed by atoms with Gasteiger partial charge in [-0.2, -0.15) is 0 Å². The molecule has 7 aromatic rings. The van der Waals surface area contributed by atoms with Gasteiger partial charge in [-0.05, 0) is 116 Å². The summed E-state index contributed by atoms with van der Waals surface area (Å²) in [6.45, 7) is 11.2. The van der Waals surface area contributed by atoms with E-state index in [9.17, 15) is 0 Å². The van der Waals surface area contributed by atoms with Crippen LogP contribution >= 0.6 is 10.0 Å². The number of hydrogen-bond acceptors (Lipinski definition) is 3. The predicted octanol–water partition coefficient (Wildman–Crippen LogP) is 8.22. The third-order valence-corrected chi connectivity index (χ3v) is 16.2. The summed E-state index contributed by atoms with van der Waals surface area (Å²) in [6.07, 6.45) is 0. The molecule has 0 spiro atoms. The molecule has 0 N–H and O–H groups in total. The van der Waals surface area contributed by atoms with E-state index in [1.54, 1.807) is 0 Å². The maximum atomic E-state index is 7.07. The molecule has 0 bridgehead atoms. The van der Waals surface area contributed by atoms with Gasteiger partial charge >= 0.3 is 0 Å². The first-order valence-electron chi connectivity index (χ1n) is 18.6. The second-order valence-corrected chi connectivity index (χ2v) is 18.6. The van der Waals surface area contributed by atoms with Gasteiger partial charge in [-0.3, -0.25) is 0 Å². The molecule has 5 aliphatic heterocycles. The molecule has 5 heterocycles. The topological polar surface area (TPSA) is 21.7 Å². The molecule has 0 saturated carbocycles. The first-order chi connectivity index (χ1) is 25.8. The van der Waals surface area contributed by atoms with E-state index in [1.807, 2.05) is 0 Å². The van der Waals surface area contributed by atoms with Crippen molar-refractivity contribution in [3.8, 4) is 23.0 Å². The Bertz CT molecular complexity index is 2630. The van der Waals surface area contributed by atoms with E-state index in [0.29, 0.717) is 0 Å². The van der Waals surface area contributed by atoms with Crippen LogP contribution in [-0.2, 0) is 0 Å². The van der Waals surface area contributed by atoms with Crippen LogP contribution in [0.25, 0.3) is 0 Å². The average molecular weight is 699 g/mol. The van der Waals surface area contributed by atoms with Gasteiger partial charge in [0.15, 0.2) is 0 Å². The van der Waals surface area contributed by atoms with Crippen LogP contribution in [0, 0.1) is 34.6 Å². The Morgan fingerprint density at radius 3 is 1.34 bits per heavy atom. The summed E-state index contributed by atoms with van der Waals surface area (Å²) in [7, 11) is -1.98. The van der Waals surface area contributed by atoms with E-state index in [0.717, 1.165) is 28.6 Å².